The molecule has 0 radical (unpaired) electrons. The summed E-state index contributed by atoms with van der Waals surface area (Å²) in [5, 5.41) is 3.88. The average molecular weight is 696 g/mol. The van der Waals surface area contributed by atoms with E-state index < -0.39 is 28.5 Å². The van der Waals surface area contributed by atoms with Crippen LogP contribution in [0.1, 0.15) is 50.2 Å². The van der Waals surface area contributed by atoms with E-state index in [4.69, 9.17) is 23.2 Å². The minimum Gasteiger partial charge on any atom is -0.352 e. The van der Waals surface area contributed by atoms with Gasteiger partial charge in [0.05, 0.1) is 10.6 Å². The van der Waals surface area contributed by atoms with Gasteiger partial charge in [-0.05, 0) is 80.8 Å². The highest BCUT2D eigenvalue weighted by Gasteiger charge is 2.33. The van der Waals surface area contributed by atoms with Gasteiger partial charge in [0, 0.05) is 27.1 Å². The fourth-order valence-electron chi connectivity index (χ4n) is 4.96. The monoisotopic (exact) mass is 693 g/mol. The van der Waals surface area contributed by atoms with Gasteiger partial charge >= 0.3 is 0 Å². The normalized spacial score (nSPS) is 14.7. The van der Waals surface area contributed by atoms with Gasteiger partial charge in [-0.25, -0.2) is 8.42 Å². The van der Waals surface area contributed by atoms with Gasteiger partial charge in [-0.3, -0.25) is 13.9 Å². The molecule has 1 aliphatic rings. The summed E-state index contributed by atoms with van der Waals surface area (Å²) in [4.78, 5) is 29.0. The largest absolute Gasteiger partial charge is 0.352 e. The van der Waals surface area contributed by atoms with Gasteiger partial charge in [-0.1, -0.05) is 82.2 Å². The molecule has 224 valence electrons. The van der Waals surface area contributed by atoms with E-state index in [-0.39, 0.29) is 23.4 Å². The van der Waals surface area contributed by atoms with Crippen LogP contribution in [0.5, 0.6) is 0 Å². The van der Waals surface area contributed by atoms with Crippen LogP contribution in [0, 0.1) is 6.92 Å². The van der Waals surface area contributed by atoms with Crippen molar-refractivity contribution in [2.75, 3.05) is 10.8 Å². The number of amides is 2. The molecule has 1 fully saturated rings. The van der Waals surface area contributed by atoms with E-state index in [9.17, 15) is 18.0 Å². The Kier molecular flexibility index (Phi) is 11.0. The number of benzene rings is 3. The van der Waals surface area contributed by atoms with Crippen molar-refractivity contribution in [1.29, 1.82) is 0 Å². The second kappa shape index (κ2) is 14.3. The number of carbonyl (C=O) groups excluding carboxylic acids is 2. The number of hydrogen-bond donors (Lipinski definition) is 1. The van der Waals surface area contributed by atoms with Crippen LogP contribution in [-0.4, -0.2) is 43.8 Å². The van der Waals surface area contributed by atoms with Crippen molar-refractivity contribution in [2.45, 2.75) is 69.5 Å². The van der Waals surface area contributed by atoms with E-state index in [1.54, 1.807) is 61.5 Å². The number of carbonyl (C=O) groups is 2. The lowest BCUT2D eigenvalue weighted by Crippen LogP contribution is -2.53. The van der Waals surface area contributed by atoms with Crippen molar-refractivity contribution in [1.82, 2.24) is 10.2 Å². The van der Waals surface area contributed by atoms with E-state index in [1.807, 2.05) is 6.92 Å². The summed E-state index contributed by atoms with van der Waals surface area (Å²) in [6.07, 6.45) is 5.01. The predicted octanol–water partition coefficient (Wildman–Crippen LogP) is 7.13. The van der Waals surface area contributed by atoms with Crippen molar-refractivity contribution in [3.63, 3.8) is 0 Å². The lowest BCUT2D eigenvalue weighted by molar-refractivity contribution is -0.139. The van der Waals surface area contributed by atoms with Gasteiger partial charge in [0.1, 0.15) is 12.6 Å². The highest BCUT2D eigenvalue weighted by Crippen LogP contribution is 2.28. The molecule has 1 saturated carbocycles. The Bertz CT molecular complexity index is 1510. The molecule has 1 aliphatic carbocycles. The zero-order chi connectivity index (χ0) is 30.4. The van der Waals surface area contributed by atoms with Gasteiger partial charge in [0.25, 0.3) is 10.0 Å². The molecule has 1 N–H and O–H groups in total. The molecular formula is C31H34BrCl2N3O4S. The lowest BCUT2D eigenvalue weighted by atomic mass is 9.95. The lowest BCUT2D eigenvalue weighted by Gasteiger charge is -2.33. The Hall–Kier alpha value is -2.59. The van der Waals surface area contributed by atoms with Crippen molar-refractivity contribution in [2.24, 2.45) is 0 Å². The molecule has 0 saturated heterocycles. The summed E-state index contributed by atoms with van der Waals surface area (Å²) in [5.74, 6) is -0.845. The van der Waals surface area contributed by atoms with Crippen LogP contribution in [0.15, 0.2) is 76.1 Å². The Morgan fingerprint density at radius 2 is 1.62 bits per heavy atom. The predicted molar refractivity (Wildman–Crippen MR) is 171 cm³/mol. The first kappa shape index (κ1) is 32.3. The number of sulfonamides is 1. The van der Waals surface area contributed by atoms with E-state index in [2.05, 4.69) is 21.2 Å². The molecular weight excluding hydrogens is 661 g/mol. The van der Waals surface area contributed by atoms with Crippen molar-refractivity contribution in [3.05, 3.63) is 92.4 Å². The summed E-state index contributed by atoms with van der Waals surface area (Å²) in [6.45, 7) is 2.99. The SMILES string of the molecule is Cc1ccc(S(=O)(=O)N(CC(=O)N(Cc2ccc(Cl)cc2Cl)[C@H](C)C(=O)NC2CCCCC2)c2ccc(Br)cc2)cc1. The number of halogens is 3. The van der Waals surface area contributed by atoms with Crippen LogP contribution in [-0.2, 0) is 26.2 Å². The van der Waals surface area contributed by atoms with Gasteiger partial charge in [0.15, 0.2) is 0 Å². The highest BCUT2D eigenvalue weighted by atomic mass is 79.9. The van der Waals surface area contributed by atoms with Crippen molar-refractivity contribution >= 4 is 66.7 Å². The number of aryl methyl sites for hydroxylation is 1. The van der Waals surface area contributed by atoms with Gasteiger partial charge in [-0.2, -0.15) is 0 Å². The van der Waals surface area contributed by atoms with E-state index >= 15 is 0 Å². The fraction of sp³-hybridized carbons (Fsp3) is 0.355. The quantitative estimate of drug-likeness (QED) is 0.245. The molecule has 0 heterocycles. The van der Waals surface area contributed by atoms with Crippen LogP contribution in [0.3, 0.4) is 0 Å². The standard InChI is InChI=1S/C31H34BrCl2N3O4S/c1-21-8-16-28(17-9-21)42(40,41)37(27-14-11-24(32)12-15-27)20-30(38)36(19-23-10-13-25(33)18-29(23)34)22(2)31(39)35-26-6-4-3-5-7-26/h8-18,22,26H,3-7,19-20H2,1-2H3,(H,35,39)/t22-/m1/s1. The van der Waals surface area contributed by atoms with Crippen LogP contribution < -0.4 is 9.62 Å². The first-order chi connectivity index (χ1) is 20.0. The third-order valence-electron chi connectivity index (χ3n) is 7.48. The molecule has 0 aliphatic heterocycles. The zero-order valence-electron chi connectivity index (χ0n) is 23.5. The van der Waals surface area contributed by atoms with Crippen LogP contribution in [0.2, 0.25) is 10.0 Å². The maximum Gasteiger partial charge on any atom is 0.264 e. The molecule has 42 heavy (non-hydrogen) atoms. The Balaban J connectivity index is 1.69. The first-order valence-corrected chi connectivity index (χ1v) is 16.8. The Morgan fingerprint density at radius 1 is 0.976 bits per heavy atom. The smallest absolute Gasteiger partial charge is 0.264 e. The second-order valence-electron chi connectivity index (χ2n) is 10.6. The van der Waals surface area contributed by atoms with Crippen LogP contribution in [0.4, 0.5) is 5.69 Å². The third kappa shape index (κ3) is 8.07. The summed E-state index contributed by atoms with van der Waals surface area (Å²) in [7, 11) is -4.14. The summed E-state index contributed by atoms with van der Waals surface area (Å²) >= 11 is 16.0. The maximum absolute atomic E-state index is 14.1. The van der Waals surface area contributed by atoms with Crippen molar-refractivity contribution < 1.29 is 18.0 Å². The molecule has 11 heteroatoms. The van der Waals surface area contributed by atoms with Gasteiger partial charge in [-0.15, -0.1) is 0 Å². The molecule has 4 rings (SSSR count). The Morgan fingerprint density at radius 3 is 2.24 bits per heavy atom. The van der Waals surface area contributed by atoms with Gasteiger partial charge in [0.2, 0.25) is 11.8 Å². The first-order valence-electron chi connectivity index (χ1n) is 13.8. The second-order valence-corrected chi connectivity index (χ2v) is 14.2. The van der Waals surface area contributed by atoms with E-state index in [0.29, 0.717) is 21.3 Å². The minimum atomic E-state index is -4.14. The van der Waals surface area contributed by atoms with E-state index in [1.165, 1.54) is 17.0 Å². The topological polar surface area (TPSA) is 86.8 Å². The summed E-state index contributed by atoms with van der Waals surface area (Å²) < 4.78 is 29.7. The summed E-state index contributed by atoms with van der Waals surface area (Å²) in [5.41, 5.74) is 1.81. The number of nitrogens with one attached hydrogen (secondary N) is 1. The van der Waals surface area contributed by atoms with E-state index in [0.717, 1.165) is 46.4 Å². The number of hydrogen-bond acceptors (Lipinski definition) is 4. The summed E-state index contributed by atoms with van der Waals surface area (Å²) in [6, 6.07) is 17.2. The molecule has 1 atom stereocenters. The third-order valence-corrected chi connectivity index (χ3v) is 10.4. The molecule has 0 spiro atoms. The van der Waals surface area contributed by atoms with Crippen molar-refractivity contribution in [3.8, 4) is 0 Å². The van der Waals surface area contributed by atoms with Crippen LogP contribution in [0.25, 0.3) is 0 Å². The number of anilines is 1. The average Bonchev–Trinajstić information content (AvgIpc) is 2.96. The fourth-order valence-corrected chi connectivity index (χ4v) is 7.11. The molecule has 0 aromatic heterocycles. The van der Waals surface area contributed by atoms with Crippen LogP contribution >= 0.6 is 39.1 Å². The highest BCUT2D eigenvalue weighted by molar-refractivity contribution is 9.10. The minimum absolute atomic E-state index is 0.00710. The molecule has 0 bridgehead atoms. The maximum atomic E-state index is 14.1. The van der Waals surface area contributed by atoms with Gasteiger partial charge < -0.3 is 10.2 Å². The molecule has 7 nitrogen and oxygen atoms in total. The zero-order valence-corrected chi connectivity index (χ0v) is 27.4. The molecule has 2 amide bonds. The number of nitrogens with zero attached hydrogens (tertiary/aromatic N) is 2. The molecule has 0 unspecified atom stereocenters. The Labute approximate surface area is 266 Å². The molecule has 3 aromatic carbocycles. The molecule has 3 aromatic rings. The number of rotatable bonds is 10.